The molecule has 2 N–H and O–H groups in total. The van der Waals surface area contributed by atoms with Gasteiger partial charge < -0.3 is 25.0 Å². The third-order valence-corrected chi connectivity index (χ3v) is 7.42. The Morgan fingerprint density at radius 2 is 2.00 bits per heavy atom. The van der Waals surface area contributed by atoms with Gasteiger partial charge in [0.05, 0.1) is 40.7 Å². The summed E-state index contributed by atoms with van der Waals surface area (Å²) in [5.41, 5.74) is 1.61. The standard InChI is InChI=1S/C26H32ClF3N4O3/c1-16-19(13-31-14-23(16)32-12-17-3-4-20(21(27)11-17)26(28,29)30)25(35)34-8-5-18(6-9-34)33-22-7-10-37-15-24(22)36-2/h3-4,11,13-14,18,22,24,32-33H,5-10,12,15H2,1-2H3/t22-,24+/m0/s1. The van der Waals surface area contributed by atoms with E-state index < -0.39 is 11.7 Å². The van der Waals surface area contributed by atoms with Crippen molar-refractivity contribution in [1.82, 2.24) is 15.2 Å². The van der Waals surface area contributed by atoms with Gasteiger partial charge in [0.15, 0.2) is 0 Å². The number of methoxy groups -OCH3 is 1. The maximum atomic E-state index is 13.3. The fraction of sp³-hybridized carbons (Fsp3) is 0.538. The van der Waals surface area contributed by atoms with Crippen LogP contribution >= 0.6 is 11.6 Å². The van der Waals surface area contributed by atoms with Crippen molar-refractivity contribution in [2.24, 2.45) is 0 Å². The number of pyridine rings is 1. The number of aromatic nitrogens is 1. The molecule has 0 unspecified atom stereocenters. The van der Waals surface area contributed by atoms with Gasteiger partial charge in [0, 0.05) is 51.6 Å². The lowest BCUT2D eigenvalue weighted by Gasteiger charge is -2.38. The third kappa shape index (κ3) is 6.73. The third-order valence-electron chi connectivity index (χ3n) is 7.11. The number of alkyl halides is 3. The van der Waals surface area contributed by atoms with Crippen LogP contribution < -0.4 is 10.6 Å². The minimum atomic E-state index is -4.50. The van der Waals surface area contributed by atoms with E-state index in [4.69, 9.17) is 21.1 Å². The molecule has 0 saturated carbocycles. The number of benzene rings is 1. The van der Waals surface area contributed by atoms with Crippen molar-refractivity contribution >= 4 is 23.2 Å². The van der Waals surface area contributed by atoms with Crippen LogP contribution in [0.15, 0.2) is 30.6 Å². The van der Waals surface area contributed by atoms with Crippen molar-refractivity contribution in [3.63, 3.8) is 0 Å². The highest BCUT2D eigenvalue weighted by Gasteiger charge is 2.33. The van der Waals surface area contributed by atoms with E-state index in [-0.39, 0.29) is 29.6 Å². The van der Waals surface area contributed by atoms with E-state index >= 15 is 0 Å². The normalized spacial score (nSPS) is 21.2. The van der Waals surface area contributed by atoms with Crippen molar-refractivity contribution < 1.29 is 27.4 Å². The lowest BCUT2D eigenvalue weighted by Crippen LogP contribution is -2.54. The molecule has 37 heavy (non-hydrogen) atoms. The fourth-order valence-electron chi connectivity index (χ4n) is 4.87. The minimum Gasteiger partial charge on any atom is -0.379 e. The van der Waals surface area contributed by atoms with Crippen molar-refractivity contribution in [3.8, 4) is 0 Å². The average Bonchev–Trinajstić information content (AvgIpc) is 2.88. The Labute approximate surface area is 219 Å². The smallest absolute Gasteiger partial charge is 0.379 e. The van der Waals surface area contributed by atoms with Gasteiger partial charge in [0.2, 0.25) is 0 Å². The van der Waals surface area contributed by atoms with Crippen LogP contribution in [0.2, 0.25) is 5.02 Å². The molecule has 3 heterocycles. The maximum absolute atomic E-state index is 13.3. The summed E-state index contributed by atoms with van der Waals surface area (Å²) in [5, 5.41) is 6.51. The summed E-state index contributed by atoms with van der Waals surface area (Å²) in [6.45, 7) is 4.66. The van der Waals surface area contributed by atoms with Crippen LogP contribution in [0.4, 0.5) is 18.9 Å². The highest BCUT2D eigenvalue weighted by Crippen LogP contribution is 2.35. The van der Waals surface area contributed by atoms with Crippen molar-refractivity contribution in [3.05, 3.63) is 57.9 Å². The molecule has 2 aliphatic rings. The number of carbonyl (C=O) groups is 1. The molecular weight excluding hydrogens is 509 g/mol. The maximum Gasteiger partial charge on any atom is 0.417 e. The second-order valence-corrected chi connectivity index (χ2v) is 9.91. The minimum absolute atomic E-state index is 0.0379. The lowest BCUT2D eigenvalue weighted by atomic mass is 9.99. The summed E-state index contributed by atoms with van der Waals surface area (Å²) in [6.07, 6.45) is 1.30. The Bertz CT molecular complexity index is 1090. The molecular formula is C26H32ClF3N4O3. The molecule has 2 aromatic rings. The van der Waals surface area contributed by atoms with Crippen LogP contribution in [0.25, 0.3) is 0 Å². The zero-order chi connectivity index (χ0) is 26.6. The quantitative estimate of drug-likeness (QED) is 0.531. The zero-order valence-electron chi connectivity index (χ0n) is 20.9. The van der Waals surface area contributed by atoms with E-state index in [1.54, 1.807) is 19.5 Å². The molecule has 7 nitrogen and oxygen atoms in total. The molecule has 202 valence electrons. The van der Waals surface area contributed by atoms with Gasteiger partial charge in [-0.15, -0.1) is 0 Å². The molecule has 0 bridgehead atoms. The van der Waals surface area contributed by atoms with Crippen molar-refractivity contribution in [2.45, 2.75) is 57.1 Å². The Morgan fingerprint density at radius 3 is 2.68 bits per heavy atom. The monoisotopic (exact) mass is 540 g/mol. The molecule has 1 aromatic carbocycles. The van der Waals surface area contributed by atoms with Gasteiger partial charge in [-0.3, -0.25) is 9.78 Å². The summed E-state index contributed by atoms with van der Waals surface area (Å²) in [7, 11) is 1.70. The van der Waals surface area contributed by atoms with Crippen LogP contribution in [0, 0.1) is 6.92 Å². The van der Waals surface area contributed by atoms with Crippen LogP contribution in [-0.4, -0.2) is 67.4 Å². The summed E-state index contributed by atoms with van der Waals surface area (Å²) in [5.74, 6) is -0.0782. The van der Waals surface area contributed by atoms with Gasteiger partial charge in [-0.25, -0.2) is 0 Å². The number of piperidine rings is 1. The van der Waals surface area contributed by atoms with Crippen LogP contribution in [0.3, 0.4) is 0 Å². The first-order valence-electron chi connectivity index (χ1n) is 12.4. The van der Waals surface area contributed by atoms with E-state index in [0.29, 0.717) is 42.6 Å². The van der Waals surface area contributed by atoms with Crippen LogP contribution in [-0.2, 0) is 22.2 Å². The van der Waals surface area contributed by atoms with Crippen LogP contribution in [0.1, 0.15) is 46.3 Å². The van der Waals surface area contributed by atoms with Crippen LogP contribution in [0.5, 0.6) is 0 Å². The average molecular weight is 541 g/mol. The summed E-state index contributed by atoms with van der Waals surface area (Å²) >= 11 is 5.83. The number of hydrogen-bond donors (Lipinski definition) is 2. The number of nitrogens with zero attached hydrogens (tertiary/aromatic N) is 2. The largest absolute Gasteiger partial charge is 0.417 e. The van der Waals surface area contributed by atoms with E-state index in [0.717, 1.165) is 37.5 Å². The summed E-state index contributed by atoms with van der Waals surface area (Å²) < 4.78 is 49.9. The Kier molecular flexibility index (Phi) is 8.94. The number of nitrogens with one attached hydrogen (secondary N) is 2. The SMILES string of the molecule is CO[C@@H]1COCC[C@@H]1NC1CCN(C(=O)c2cncc(NCc3ccc(C(F)(F)F)c(Cl)c3)c2C)CC1. The van der Waals surface area contributed by atoms with Gasteiger partial charge in [0.1, 0.15) is 0 Å². The lowest BCUT2D eigenvalue weighted by molar-refractivity contribution is -0.137. The first kappa shape index (κ1) is 27.6. The number of halogens is 4. The van der Waals surface area contributed by atoms with E-state index in [2.05, 4.69) is 15.6 Å². The molecule has 2 fully saturated rings. The van der Waals surface area contributed by atoms with Gasteiger partial charge >= 0.3 is 6.18 Å². The molecule has 2 aliphatic heterocycles. The Balaban J connectivity index is 1.34. The summed E-state index contributed by atoms with van der Waals surface area (Å²) in [6, 6.07) is 4.21. The number of amides is 1. The molecule has 0 aliphatic carbocycles. The molecule has 1 amide bonds. The van der Waals surface area contributed by atoms with Gasteiger partial charge in [-0.2, -0.15) is 13.2 Å². The molecule has 0 radical (unpaired) electrons. The van der Waals surface area contributed by atoms with Crippen molar-refractivity contribution in [2.75, 3.05) is 38.7 Å². The number of likely N-dealkylation sites (tertiary alicyclic amines) is 1. The first-order valence-corrected chi connectivity index (χ1v) is 12.7. The highest BCUT2D eigenvalue weighted by atomic mass is 35.5. The number of carbonyl (C=O) groups excluding carboxylic acids is 1. The number of hydrogen-bond acceptors (Lipinski definition) is 6. The number of ether oxygens (including phenoxy) is 2. The second-order valence-electron chi connectivity index (χ2n) is 9.50. The predicted molar refractivity (Wildman–Crippen MR) is 135 cm³/mol. The predicted octanol–water partition coefficient (Wildman–Crippen LogP) is 4.67. The molecule has 0 spiro atoms. The Hall–Kier alpha value is -2.40. The van der Waals surface area contributed by atoms with E-state index in [1.807, 2.05) is 11.8 Å². The first-order chi connectivity index (χ1) is 17.7. The van der Waals surface area contributed by atoms with E-state index in [9.17, 15) is 18.0 Å². The second kappa shape index (κ2) is 12.0. The number of anilines is 1. The molecule has 2 atom stereocenters. The summed E-state index contributed by atoms with van der Waals surface area (Å²) in [4.78, 5) is 19.4. The van der Waals surface area contributed by atoms with Gasteiger partial charge in [-0.1, -0.05) is 17.7 Å². The number of rotatable bonds is 7. The molecule has 4 rings (SSSR count). The highest BCUT2D eigenvalue weighted by molar-refractivity contribution is 6.31. The Morgan fingerprint density at radius 1 is 1.24 bits per heavy atom. The fourth-order valence-corrected chi connectivity index (χ4v) is 5.18. The van der Waals surface area contributed by atoms with Gasteiger partial charge in [0.25, 0.3) is 5.91 Å². The topological polar surface area (TPSA) is 75.7 Å². The zero-order valence-corrected chi connectivity index (χ0v) is 21.7. The van der Waals surface area contributed by atoms with Crippen molar-refractivity contribution in [1.29, 1.82) is 0 Å². The van der Waals surface area contributed by atoms with E-state index in [1.165, 1.54) is 12.1 Å². The molecule has 1 aromatic heterocycles. The van der Waals surface area contributed by atoms with Gasteiger partial charge in [-0.05, 0) is 49.4 Å². The molecule has 2 saturated heterocycles. The molecule has 11 heteroatoms.